The largest absolute Gasteiger partial charge is 0.508 e. The van der Waals surface area contributed by atoms with Crippen molar-refractivity contribution in [2.24, 2.45) is 0 Å². The van der Waals surface area contributed by atoms with Crippen LogP contribution in [0.2, 0.25) is 0 Å². The molecule has 10 nitrogen and oxygen atoms in total. The second kappa shape index (κ2) is 15.4. The van der Waals surface area contributed by atoms with E-state index in [2.05, 4.69) is 22.8 Å². The molecule has 2 aliphatic carbocycles. The Hall–Kier alpha value is -5.55. The number of aromatic hydroxyl groups is 1. The quantitative estimate of drug-likeness (QED) is 0.163. The lowest BCUT2D eigenvalue weighted by molar-refractivity contribution is -0.172. The molecular formula is C42H40N2O8. The summed E-state index contributed by atoms with van der Waals surface area (Å²) in [5.41, 5.74) is 5.77. The van der Waals surface area contributed by atoms with Crippen molar-refractivity contribution in [2.75, 3.05) is 13.2 Å². The van der Waals surface area contributed by atoms with Crippen LogP contribution in [-0.4, -0.2) is 65.2 Å². The van der Waals surface area contributed by atoms with E-state index < -0.39 is 30.1 Å². The Labute approximate surface area is 301 Å². The minimum Gasteiger partial charge on any atom is -0.508 e. The summed E-state index contributed by atoms with van der Waals surface area (Å²) in [5.74, 6) is -1.90. The molecule has 0 bridgehead atoms. The van der Waals surface area contributed by atoms with E-state index in [4.69, 9.17) is 19.3 Å². The molecule has 10 heteroatoms. The van der Waals surface area contributed by atoms with Gasteiger partial charge in [-0.05, 0) is 70.6 Å². The average Bonchev–Trinajstić information content (AvgIpc) is 3.71. The van der Waals surface area contributed by atoms with E-state index in [-0.39, 0.29) is 43.7 Å². The zero-order chi connectivity index (χ0) is 36.1. The minimum atomic E-state index is -0.930. The van der Waals surface area contributed by atoms with Crippen LogP contribution in [0.4, 0.5) is 0 Å². The normalized spacial score (nSPS) is 19.9. The molecule has 1 heterocycles. The van der Waals surface area contributed by atoms with Crippen LogP contribution in [0.1, 0.15) is 55.0 Å². The van der Waals surface area contributed by atoms with Crippen LogP contribution in [-0.2, 0) is 44.8 Å². The third kappa shape index (κ3) is 7.84. The standard InChI is InChI=1S/C42H40N2O8/c45-19-18-43-39(47)30-15-7-10-28(21-30)26-44-40(48)34-22-36(38-37(23-34)51-42(52-38)24-32-12-1-2-13-33(32)25-42)50-41(49)31-16-6-9-27(20-31)8-5-14-29-11-3-4-17-35(29)46/h1-13,15-17,20-21,23,36-38,45-46H,14,18-19,22,24-26H2,(H,43,47)(H,44,48)/t36-,37-,38+/m1/s1. The van der Waals surface area contributed by atoms with Crippen molar-refractivity contribution in [3.05, 3.63) is 154 Å². The summed E-state index contributed by atoms with van der Waals surface area (Å²) in [6, 6.07) is 29.2. The molecule has 52 heavy (non-hydrogen) atoms. The molecule has 1 aliphatic heterocycles. The topological polar surface area (TPSA) is 143 Å². The lowest BCUT2D eigenvalue weighted by Crippen LogP contribution is -2.43. The second-order valence-corrected chi connectivity index (χ2v) is 13.3. The van der Waals surface area contributed by atoms with Crippen molar-refractivity contribution < 1.29 is 38.8 Å². The van der Waals surface area contributed by atoms with Gasteiger partial charge in [0.2, 0.25) is 5.91 Å². The molecule has 0 radical (unpaired) electrons. The van der Waals surface area contributed by atoms with Crippen molar-refractivity contribution in [1.29, 1.82) is 0 Å². The molecule has 0 unspecified atom stereocenters. The predicted molar refractivity (Wildman–Crippen MR) is 193 cm³/mol. The SMILES string of the molecule is O=C(NCc1cccc(C(=O)NCCO)c1)C1=C[C@H]2OC3(Cc4ccccc4C3)O[C@H]2[C@H](OC(=O)c2cccc(C=CCc3ccccc3O)c2)C1. The third-order valence-corrected chi connectivity index (χ3v) is 9.57. The van der Waals surface area contributed by atoms with Crippen LogP contribution in [0, 0.1) is 0 Å². The number of esters is 1. The molecule has 2 amide bonds. The van der Waals surface area contributed by atoms with Gasteiger partial charge in [0.15, 0.2) is 5.79 Å². The third-order valence-electron chi connectivity index (χ3n) is 9.57. The summed E-state index contributed by atoms with van der Waals surface area (Å²) < 4.78 is 19.4. The summed E-state index contributed by atoms with van der Waals surface area (Å²) in [7, 11) is 0. The number of allylic oxidation sites excluding steroid dienone is 1. The number of benzene rings is 4. The zero-order valence-electron chi connectivity index (χ0n) is 28.5. The number of rotatable bonds is 11. The number of hydrogen-bond acceptors (Lipinski definition) is 8. The lowest BCUT2D eigenvalue weighted by atomic mass is 9.91. The van der Waals surface area contributed by atoms with E-state index in [1.54, 1.807) is 54.6 Å². The highest BCUT2D eigenvalue weighted by atomic mass is 16.8. The van der Waals surface area contributed by atoms with Crippen LogP contribution in [0.5, 0.6) is 5.75 Å². The monoisotopic (exact) mass is 700 g/mol. The molecule has 7 rings (SSSR count). The van der Waals surface area contributed by atoms with Gasteiger partial charge in [-0.3, -0.25) is 9.59 Å². The van der Waals surface area contributed by atoms with Crippen molar-refractivity contribution in [3.8, 4) is 5.75 Å². The first kappa shape index (κ1) is 34.9. The van der Waals surface area contributed by atoms with Gasteiger partial charge >= 0.3 is 5.97 Å². The fraction of sp³-hybridized carbons (Fsp3) is 0.262. The smallest absolute Gasteiger partial charge is 0.338 e. The fourth-order valence-electron chi connectivity index (χ4n) is 7.03. The molecule has 3 atom stereocenters. The van der Waals surface area contributed by atoms with E-state index in [0.717, 1.165) is 27.8 Å². The van der Waals surface area contributed by atoms with Gasteiger partial charge in [0.05, 0.1) is 12.2 Å². The van der Waals surface area contributed by atoms with Crippen LogP contribution >= 0.6 is 0 Å². The highest BCUT2D eigenvalue weighted by Gasteiger charge is 2.55. The summed E-state index contributed by atoms with van der Waals surface area (Å²) in [6.07, 6.45) is 5.28. The lowest BCUT2D eigenvalue weighted by Gasteiger charge is -2.30. The van der Waals surface area contributed by atoms with Crippen molar-refractivity contribution in [3.63, 3.8) is 0 Å². The van der Waals surface area contributed by atoms with Gasteiger partial charge < -0.3 is 35.1 Å². The van der Waals surface area contributed by atoms with Crippen molar-refractivity contribution in [1.82, 2.24) is 10.6 Å². The highest BCUT2D eigenvalue weighted by molar-refractivity contribution is 5.95. The molecule has 4 aromatic rings. The zero-order valence-corrected chi connectivity index (χ0v) is 28.5. The Balaban J connectivity index is 1.07. The number of phenols is 1. The maximum Gasteiger partial charge on any atom is 0.338 e. The summed E-state index contributed by atoms with van der Waals surface area (Å²) >= 11 is 0. The molecule has 1 fully saturated rings. The molecule has 4 N–H and O–H groups in total. The average molecular weight is 701 g/mol. The van der Waals surface area contributed by atoms with Crippen LogP contribution < -0.4 is 10.6 Å². The molecular weight excluding hydrogens is 660 g/mol. The Kier molecular flexibility index (Phi) is 10.3. The molecule has 3 aliphatic rings. The van der Waals surface area contributed by atoms with Gasteiger partial charge in [0.1, 0.15) is 24.1 Å². The number of para-hydroxylation sites is 1. The highest BCUT2D eigenvalue weighted by Crippen LogP contribution is 2.45. The number of aliphatic hydroxyl groups is 1. The number of carbonyl (C=O) groups excluding carboxylic acids is 3. The number of ether oxygens (including phenoxy) is 3. The summed E-state index contributed by atoms with van der Waals surface area (Å²) in [5, 5.41) is 24.7. The van der Waals surface area contributed by atoms with Gasteiger partial charge in [-0.25, -0.2) is 4.79 Å². The first-order valence-electron chi connectivity index (χ1n) is 17.4. The molecule has 4 aromatic carbocycles. The van der Waals surface area contributed by atoms with E-state index in [9.17, 15) is 19.5 Å². The number of phenolic OH excluding ortho intramolecular Hbond substituents is 1. The Morgan fingerprint density at radius 2 is 1.60 bits per heavy atom. The van der Waals surface area contributed by atoms with Gasteiger partial charge in [0.25, 0.3) is 5.91 Å². The van der Waals surface area contributed by atoms with Crippen molar-refractivity contribution in [2.45, 2.75) is 56.3 Å². The Bertz CT molecular complexity index is 2010. The predicted octanol–water partition coefficient (Wildman–Crippen LogP) is 4.82. The number of nitrogens with one attached hydrogen (secondary N) is 2. The summed E-state index contributed by atoms with van der Waals surface area (Å²) in [6.45, 7) is 0.143. The van der Waals surface area contributed by atoms with E-state index in [1.165, 1.54) is 0 Å². The molecule has 0 saturated carbocycles. The fourth-order valence-corrected chi connectivity index (χ4v) is 7.03. The number of carbonyl (C=O) groups is 3. The molecule has 1 saturated heterocycles. The number of aliphatic hydroxyl groups excluding tert-OH is 1. The second-order valence-electron chi connectivity index (χ2n) is 13.3. The maximum absolute atomic E-state index is 13.7. The van der Waals surface area contributed by atoms with E-state index in [0.29, 0.717) is 36.0 Å². The van der Waals surface area contributed by atoms with Crippen molar-refractivity contribution >= 4 is 23.9 Å². The molecule has 266 valence electrons. The van der Waals surface area contributed by atoms with Gasteiger partial charge in [-0.2, -0.15) is 0 Å². The maximum atomic E-state index is 13.7. The van der Waals surface area contributed by atoms with E-state index >= 15 is 0 Å². The Morgan fingerprint density at radius 1 is 0.846 bits per heavy atom. The molecule has 0 aromatic heterocycles. The van der Waals surface area contributed by atoms with Crippen LogP contribution in [0.3, 0.4) is 0 Å². The number of hydrogen-bond donors (Lipinski definition) is 4. The van der Waals surface area contributed by atoms with Crippen LogP contribution in [0.15, 0.2) is 115 Å². The molecule has 1 spiro atoms. The van der Waals surface area contributed by atoms with E-state index in [1.807, 2.05) is 48.6 Å². The summed E-state index contributed by atoms with van der Waals surface area (Å²) in [4.78, 5) is 39.7. The number of amides is 2. The van der Waals surface area contributed by atoms with Gasteiger partial charge in [-0.1, -0.05) is 78.9 Å². The number of fused-ring (bicyclic) bond motifs is 2. The van der Waals surface area contributed by atoms with Crippen LogP contribution in [0.25, 0.3) is 6.08 Å². The first-order valence-corrected chi connectivity index (χ1v) is 17.4. The Morgan fingerprint density at radius 3 is 2.38 bits per heavy atom. The van der Waals surface area contributed by atoms with Gasteiger partial charge in [-0.15, -0.1) is 0 Å². The minimum absolute atomic E-state index is 0.120. The first-order chi connectivity index (χ1) is 25.3. The van der Waals surface area contributed by atoms with Gasteiger partial charge in [0, 0.05) is 43.5 Å².